The van der Waals surface area contributed by atoms with Gasteiger partial charge in [0.15, 0.2) is 0 Å². The van der Waals surface area contributed by atoms with Gasteiger partial charge >= 0.3 is 0 Å². The van der Waals surface area contributed by atoms with Gasteiger partial charge in [0.05, 0.1) is 17.7 Å². The Morgan fingerprint density at radius 3 is 2.65 bits per heavy atom. The highest BCUT2D eigenvalue weighted by molar-refractivity contribution is 6.32. The highest BCUT2D eigenvalue weighted by atomic mass is 35.5. The second-order valence-corrected chi connectivity index (χ2v) is 5.05. The van der Waals surface area contributed by atoms with Crippen LogP contribution in [0.15, 0.2) is 24.3 Å². The predicted octanol–water partition coefficient (Wildman–Crippen LogP) is 3.91. The number of hydrogen-bond donors (Lipinski definition) is 1. The number of ether oxygens (including phenoxy) is 1. The molecule has 0 spiro atoms. The molecule has 0 aliphatic carbocycles. The van der Waals surface area contributed by atoms with E-state index in [1.54, 1.807) is 7.11 Å². The Morgan fingerprint density at radius 2 is 2.12 bits per heavy atom. The minimum atomic E-state index is -0.609. The molecule has 0 aromatic heterocycles. The summed E-state index contributed by atoms with van der Waals surface area (Å²) < 4.78 is 5.08. The van der Waals surface area contributed by atoms with Crippen molar-refractivity contribution < 1.29 is 9.84 Å². The third kappa shape index (κ3) is 5.24. The number of benzene rings is 1. The molecule has 3 heteroatoms. The summed E-state index contributed by atoms with van der Waals surface area (Å²) in [5, 5.41) is 10.2. The van der Waals surface area contributed by atoms with E-state index in [-0.39, 0.29) is 0 Å². The molecule has 0 aliphatic rings. The lowest BCUT2D eigenvalue weighted by Crippen LogP contribution is -2.17. The molecular formula is C14H19ClO2. The molecule has 0 heterocycles. The third-order valence-corrected chi connectivity index (χ3v) is 2.70. The van der Waals surface area contributed by atoms with Crippen LogP contribution in [0.3, 0.4) is 0 Å². The van der Waals surface area contributed by atoms with Crippen molar-refractivity contribution in [2.45, 2.75) is 32.3 Å². The zero-order chi connectivity index (χ0) is 12.9. The van der Waals surface area contributed by atoms with Gasteiger partial charge in [-0.3, -0.25) is 0 Å². The zero-order valence-corrected chi connectivity index (χ0v) is 11.3. The smallest absolute Gasteiger partial charge is 0.137 e. The SMILES string of the molecule is COc1ccc(/C=C/CCC(C)(C)O)cc1Cl. The fraction of sp³-hybridized carbons (Fsp3) is 0.429. The summed E-state index contributed by atoms with van der Waals surface area (Å²) in [6, 6.07) is 5.66. The van der Waals surface area contributed by atoms with Crippen molar-refractivity contribution in [1.82, 2.24) is 0 Å². The minimum Gasteiger partial charge on any atom is -0.495 e. The van der Waals surface area contributed by atoms with Gasteiger partial charge in [-0.2, -0.15) is 0 Å². The monoisotopic (exact) mass is 254 g/mol. The standard InChI is InChI=1S/C14H19ClO2/c1-14(2,16)9-5-4-6-11-7-8-13(17-3)12(15)10-11/h4,6-8,10,16H,5,9H2,1-3H3/b6-4+. The summed E-state index contributed by atoms with van der Waals surface area (Å²) in [6.07, 6.45) is 5.62. The predicted molar refractivity (Wildman–Crippen MR) is 72.6 cm³/mol. The maximum absolute atomic E-state index is 9.56. The summed E-state index contributed by atoms with van der Waals surface area (Å²) in [4.78, 5) is 0. The molecule has 0 amide bonds. The van der Waals surface area contributed by atoms with Gasteiger partial charge in [0.2, 0.25) is 0 Å². The van der Waals surface area contributed by atoms with Gasteiger partial charge in [0.1, 0.15) is 5.75 Å². The van der Waals surface area contributed by atoms with Gasteiger partial charge in [-0.05, 0) is 44.4 Å². The molecule has 0 unspecified atom stereocenters. The number of allylic oxidation sites excluding steroid dienone is 1. The first-order valence-electron chi connectivity index (χ1n) is 5.65. The lowest BCUT2D eigenvalue weighted by Gasteiger charge is -2.14. The first-order valence-corrected chi connectivity index (χ1v) is 6.02. The van der Waals surface area contributed by atoms with E-state index in [0.29, 0.717) is 10.8 Å². The molecule has 0 atom stereocenters. The van der Waals surface area contributed by atoms with Crippen molar-refractivity contribution in [2.24, 2.45) is 0 Å². The van der Waals surface area contributed by atoms with Crippen LogP contribution in [0.25, 0.3) is 6.08 Å². The van der Waals surface area contributed by atoms with Crippen molar-refractivity contribution >= 4 is 17.7 Å². The number of methoxy groups -OCH3 is 1. The molecule has 0 saturated heterocycles. The van der Waals surface area contributed by atoms with Crippen molar-refractivity contribution in [3.63, 3.8) is 0 Å². The molecule has 2 nitrogen and oxygen atoms in total. The van der Waals surface area contributed by atoms with Crippen molar-refractivity contribution in [3.05, 3.63) is 34.9 Å². The fourth-order valence-electron chi connectivity index (χ4n) is 1.44. The second-order valence-electron chi connectivity index (χ2n) is 4.65. The largest absolute Gasteiger partial charge is 0.495 e. The Balaban J connectivity index is 2.57. The molecule has 0 radical (unpaired) electrons. The molecule has 0 fully saturated rings. The molecule has 94 valence electrons. The minimum absolute atomic E-state index is 0.608. The van der Waals surface area contributed by atoms with E-state index in [1.165, 1.54) is 0 Å². The van der Waals surface area contributed by atoms with E-state index in [0.717, 1.165) is 18.4 Å². The topological polar surface area (TPSA) is 29.5 Å². The molecule has 1 rings (SSSR count). The molecule has 1 aromatic rings. The molecule has 1 aromatic carbocycles. The number of rotatable bonds is 5. The van der Waals surface area contributed by atoms with Crippen LogP contribution in [0, 0.1) is 0 Å². The summed E-state index contributed by atoms with van der Waals surface area (Å²) in [7, 11) is 1.60. The number of halogens is 1. The highest BCUT2D eigenvalue weighted by Crippen LogP contribution is 2.25. The van der Waals surface area contributed by atoms with Crippen LogP contribution in [-0.2, 0) is 0 Å². The Bertz CT molecular complexity index is 392. The quantitative estimate of drug-likeness (QED) is 0.863. The molecular weight excluding hydrogens is 236 g/mol. The van der Waals surface area contributed by atoms with Gasteiger partial charge in [-0.1, -0.05) is 29.8 Å². The van der Waals surface area contributed by atoms with Gasteiger partial charge in [-0.15, -0.1) is 0 Å². The lowest BCUT2D eigenvalue weighted by molar-refractivity contribution is 0.0722. The normalized spacial score (nSPS) is 12.1. The van der Waals surface area contributed by atoms with Crippen molar-refractivity contribution in [2.75, 3.05) is 7.11 Å². The third-order valence-electron chi connectivity index (χ3n) is 2.41. The highest BCUT2D eigenvalue weighted by Gasteiger charge is 2.09. The van der Waals surface area contributed by atoms with Crippen LogP contribution in [-0.4, -0.2) is 17.8 Å². The van der Waals surface area contributed by atoms with Crippen molar-refractivity contribution in [1.29, 1.82) is 0 Å². The summed E-state index contributed by atoms with van der Waals surface area (Å²) in [6.45, 7) is 3.62. The van der Waals surface area contributed by atoms with Gasteiger partial charge in [0, 0.05) is 0 Å². The fourth-order valence-corrected chi connectivity index (χ4v) is 1.71. The molecule has 17 heavy (non-hydrogen) atoms. The Labute approximate surface area is 108 Å². The van der Waals surface area contributed by atoms with E-state index in [4.69, 9.17) is 16.3 Å². The summed E-state index contributed by atoms with van der Waals surface area (Å²) in [5.74, 6) is 0.681. The number of hydrogen-bond acceptors (Lipinski definition) is 2. The van der Waals surface area contributed by atoms with E-state index >= 15 is 0 Å². The van der Waals surface area contributed by atoms with E-state index in [1.807, 2.05) is 44.2 Å². The Morgan fingerprint density at radius 1 is 1.41 bits per heavy atom. The lowest BCUT2D eigenvalue weighted by atomic mass is 10.0. The number of aliphatic hydroxyl groups is 1. The maximum atomic E-state index is 9.56. The Hall–Kier alpha value is -0.990. The van der Waals surface area contributed by atoms with Crippen LogP contribution in [0.4, 0.5) is 0 Å². The van der Waals surface area contributed by atoms with Crippen LogP contribution in [0.5, 0.6) is 5.75 Å². The average molecular weight is 255 g/mol. The summed E-state index contributed by atoms with van der Waals surface area (Å²) in [5.41, 5.74) is 0.425. The molecule has 0 bridgehead atoms. The zero-order valence-electron chi connectivity index (χ0n) is 10.5. The summed E-state index contributed by atoms with van der Waals surface area (Å²) >= 11 is 6.02. The van der Waals surface area contributed by atoms with Gasteiger partial charge in [-0.25, -0.2) is 0 Å². The molecule has 0 aliphatic heterocycles. The first-order chi connectivity index (χ1) is 7.92. The van der Waals surface area contributed by atoms with Crippen LogP contribution in [0.2, 0.25) is 5.02 Å². The van der Waals surface area contributed by atoms with Crippen LogP contribution >= 0.6 is 11.6 Å². The van der Waals surface area contributed by atoms with Gasteiger partial charge in [0.25, 0.3) is 0 Å². The molecule has 0 saturated carbocycles. The van der Waals surface area contributed by atoms with E-state index < -0.39 is 5.60 Å². The van der Waals surface area contributed by atoms with Crippen LogP contribution < -0.4 is 4.74 Å². The Kier molecular flexibility index (Phi) is 5.03. The molecule has 1 N–H and O–H groups in total. The maximum Gasteiger partial charge on any atom is 0.137 e. The average Bonchev–Trinajstić information content (AvgIpc) is 2.23. The second kappa shape index (κ2) is 6.08. The van der Waals surface area contributed by atoms with Gasteiger partial charge < -0.3 is 9.84 Å². The first kappa shape index (κ1) is 14.1. The van der Waals surface area contributed by atoms with E-state index in [9.17, 15) is 5.11 Å². The van der Waals surface area contributed by atoms with E-state index in [2.05, 4.69) is 0 Å². The van der Waals surface area contributed by atoms with Crippen molar-refractivity contribution in [3.8, 4) is 5.75 Å². The van der Waals surface area contributed by atoms with Crippen LogP contribution in [0.1, 0.15) is 32.3 Å².